The fourth-order valence-corrected chi connectivity index (χ4v) is 4.60. The summed E-state index contributed by atoms with van der Waals surface area (Å²) in [6, 6.07) is 6.73. The molecule has 1 N–H and O–H groups in total. The minimum Gasteiger partial charge on any atom is -0.380 e. The first kappa shape index (κ1) is 12.7. The predicted molar refractivity (Wildman–Crippen MR) is 83.8 cm³/mol. The van der Waals surface area contributed by atoms with Gasteiger partial charge >= 0.3 is 0 Å². The molecule has 0 heterocycles. The van der Waals surface area contributed by atoms with Crippen molar-refractivity contribution in [3.05, 3.63) is 39.3 Å². The smallest absolute Gasteiger partial charge is 0.0631 e. The third-order valence-electron chi connectivity index (χ3n) is 4.31. The van der Waals surface area contributed by atoms with E-state index in [4.69, 9.17) is 0 Å². The van der Waals surface area contributed by atoms with Crippen LogP contribution in [-0.4, -0.2) is 6.04 Å². The number of hydrogen-bond donors (Lipinski definition) is 1. The van der Waals surface area contributed by atoms with Crippen LogP contribution in [0.5, 0.6) is 0 Å². The zero-order valence-electron chi connectivity index (χ0n) is 10.4. The molecular weight excluding hydrogens is 354 g/mol. The van der Waals surface area contributed by atoms with Gasteiger partial charge in [-0.1, -0.05) is 18.2 Å². The van der Waals surface area contributed by atoms with Crippen molar-refractivity contribution in [3.63, 3.8) is 0 Å². The quantitative estimate of drug-likeness (QED) is 0.718. The Morgan fingerprint density at radius 1 is 1.17 bits per heavy atom. The highest BCUT2D eigenvalue weighted by atomic mass is 79.9. The van der Waals surface area contributed by atoms with Gasteiger partial charge in [-0.2, -0.15) is 0 Å². The fraction of sp³-hybridized carbons (Fsp3) is 0.467. The Hall–Kier alpha value is -0.280. The zero-order chi connectivity index (χ0) is 12.7. The lowest BCUT2D eigenvalue weighted by Gasteiger charge is -2.28. The summed E-state index contributed by atoms with van der Waals surface area (Å²) in [7, 11) is 0. The average Bonchev–Trinajstić information content (AvgIpc) is 2.96. The SMILES string of the molecule is CC(Nc1c(Br)cccc1Br)C1CC2C=CC1C2. The number of para-hydroxylation sites is 1. The summed E-state index contributed by atoms with van der Waals surface area (Å²) in [4.78, 5) is 0. The Kier molecular flexibility index (Phi) is 3.55. The Labute approximate surface area is 125 Å². The topological polar surface area (TPSA) is 12.0 Å². The molecule has 2 aliphatic carbocycles. The zero-order valence-corrected chi connectivity index (χ0v) is 13.5. The van der Waals surface area contributed by atoms with Gasteiger partial charge in [-0.15, -0.1) is 0 Å². The summed E-state index contributed by atoms with van der Waals surface area (Å²) in [6.07, 6.45) is 7.54. The maximum atomic E-state index is 3.68. The third kappa shape index (κ3) is 2.27. The van der Waals surface area contributed by atoms with Gasteiger partial charge < -0.3 is 5.32 Å². The Morgan fingerprint density at radius 2 is 1.89 bits per heavy atom. The summed E-state index contributed by atoms with van der Waals surface area (Å²) < 4.78 is 2.25. The van der Waals surface area contributed by atoms with E-state index in [1.54, 1.807) is 0 Å². The van der Waals surface area contributed by atoms with Crippen molar-refractivity contribution in [1.82, 2.24) is 0 Å². The highest BCUT2D eigenvalue weighted by Crippen LogP contribution is 2.46. The lowest BCUT2D eigenvalue weighted by atomic mass is 9.87. The van der Waals surface area contributed by atoms with Crippen LogP contribution in [0.1, 0.15) is 19.8 Å². The molecule has 1 aromatic rings. The number of nitrogens with one attached hydrogen (secondary N) is 1. The van der Waals surface area contributed by atoms with Crippen LogP contribution < -0.4 is 5.32 Å². The number of anilines is 1. The maximum Gasteiger partial charge on any atom is 0.0631 e. The molecule has 4 unspecified atom stereocenters. The van der Waals surface area contributed by atoms with Gasteiger partial charge in [-0.05, 0) is 81.5 Å². The first-order chi connectivity index (χ1) is 8.65. The number of allylic oxidation sites excluding steroid dienone is 2. The van der Waals surface area contributed by atoms with E-state index in [1.807, 2.05) is 6.07 Å². The summed E-state index contributed by atoms with van der Waals surface area (Å²) >= 11 is 7.24. The molecule has 1 aromatic carbocycles. The number of halogens is 2. The molecule has 3 rings (SSSR count). The molecule has 2 aliphatic rings. The Morgan fingerprint density at radius 3 is 2.44 bits per heavy atom. The lowest BCUT2D eigenvalue weighted by molar-refractivity contribution is 0.399. The molecule has 1 nitrogen and oxygen atoms in total. The summed E-state index contributed by atoms with van der Waals surface area (Å²) in [6.45, 7) is 2.31. The molecule has 96 valence electrons. The summed E-state index contributed by atoms with van der Waals surface area (Å²) in [5.41, 5.74) is 1.18. The molecule has 0 aliphatic heterocycles. The molecule has 0 radical (unpaired) electrons. The van der Waals surface area contributed by atoms with Crippen LogP contribution in [0.4, 0.5) is 5.69 Å². The van der Waals surface area contributed by atoms with Crippen LogP contribution in [-0.2, 0) is 0 Å². The normalized spacial score (nSPS) is 30.7. The molecule has 0 saturated heterocycles. The van der Waals surface area contributed by atoms with Gasteiger partial charge in [0.2, 0.25) is 0 Å². The van der Waals surface area contributed by atoms with E-state index in [9.17, 15) is 0 Å². The second-order valence-corrected chi connectivity index (χ2v) is 7.18. The van der Waals surface area contributed by atoms with Crippen molar-refractivity contribution in [2.45, 2.75) is 25.8 Å². The molecule has 0 amide bonds. The van der Waals surface area contributed by atoms with Gasteiger partial charge in [0.05, 0.1) is 5.69 Å². The second kappa shape index (κ2) is 5.01. The molecule has 2 bridgehead atoms. The van der Waals surface area contributed by atoms with Crippen molar-refractivity contribution < 1.29 is 0 Å². The van der Waals surface area contributed by atoms with Gasteiger partial charge in [0.15, 0.2) is 0 Å². The standard InChI is InChI=1S/C15H17Br2N/c1-9(12-8-10-5-6-11(12)7-10)18-15-13(16)3-2-4-14(15)17/h2-6,9-12,18H,7-8H2,1H3. The van der Waals surface area contributed by atoms with Gasteiger partial charge in [0, 0.05) is 15.0 Å². The van der Waals surface area contributed by atoms with E-state index in [-0.39, 0.29) is 0 Å². The molecule has 1 saturated carbocycles. The Bertz CT molecular complexity index is 463. The van der Waals surface area contributed by atoms with Crippen LogP contribution in [0.15, 0.2) is 39.3 Å². The van der Waals surface area contributed by atoms with Crippen molar-refractivity contribution in [2.24, 2.45) is 17.8 Å². The molecular formula is C15H17Br2N. The van der Waals surface area contributed by atoms with E-state index in [2.05, 4.69) is 68.4 Å². The van der Waals surface area contributed by atoms with Crippen LogP contribution in [0.25, 0.3) is 0 Å². The minimum atomic E-state index is 0.514. The molecule has 3 heteroatoms. The van der Waals surface area contributed by atoms with Gasteiger partial charge in [0.1, 0.15) is 0 Å². The number of rotatable bonds is 3. The number of hydrogen-bond acceptors (Lipinski definition) is 1. The predicted octanol–water partition coefficient (Wildman–Crippen LogP) is 5.22. The van der Waals surface area contributed by atoms with E-state index in [0.29, 0.717) is 6.04 Å². The highest BCUT2D eigenvalue weighted by Gasteiger charge is 2.38. The van der Waals surface area contributed by atoms with Crippen LogP contribution in [0.3, 0.4) is 0 Å². The largest absolute Gasteiger partial charge is 0.380 e. The van der Waals surface area contributed by atoms with Crippen LogP contribution in [0, 0.1) is 17.8 Å². The van der Waals surface area contributed by atoms with E-state index < -0.39 is 0 Å². The number of fused-ring (bicyclic) bond motifs is 2. The van der Waals surface area contributed by atoms with Crippen molar-refractivity contribution in [1.29, 1.82) is 0 Å². The van der Waals surface area contributed by atoms with Crippen LogP contribution in [0.2, 0.25) is 0 Å². The molecule has 0 aromatic heterocycles. The van der Waals surface area contributed by atoms with E-state index in [1.165, 1.54) is 18.5 Å². The third-order valence-corrected chi connectivity index (χ3v) is 5.63. The first-order valence-electron chi connectivity index (χ1n) is 6.54. The summed E-state index contributed by atoms with van der Waals surface area (Å²) in [5, 5.41) is 3.68. The second-order valence-electron chi connectivity index (χ2n) is 5.47. The first-order valence-corrected chi connectivity index (χ1v) is 8.12. The van der Waals surface area contributed by atoms with E-state index in [0.717, 1.165) is 26.7 Å². The fourth-order valence-electron chi connectivity index (χ4n) is 3.37. The average molecular weight is 371 g/mol. The lowest BCUT2D eigenvalue weighted by Crippen LogP contribution is -2.29. The Balaban J connectivity index is 1.75. The van der Waals surface area contributed by atoms with Crippen molar-refractivity contribution >= 4 is 37.5 Å². The van der Waals surface area contributed by atoms with Crippen molar-refractivity contribution in [2.75, 3.05) is 5.32 Å². The van der Waals surface area contributed by atoms with Gasteiger partial charge in [0.25, 0.3) is 0 Å². The van der Waals surface area contributed by atoms with Crippen LogP contribution >= 0.6 is 31.9 Å². The molecule has 4 atom stereocenters. The molecule has 0 spiro atoms. The van der Waals surface area contributed by atoms with Crippen molar-refractivity contribution in [3.8, 4) is 0 Å². The summed E-state index contributed by atoms with van der Waals surface area (Å²) in [5.74, 6) is 2.41. The van der Waals surface area contributed by atoms with Gasteiger partial charge in [-0.3, -0.25) is 0 Å². The monoisotopic (exact) mass is 369 g/mol. The maximum absolute atomic E-state index is 3.68. The van der Waals surface area contributed by atoms with Gasteiger partial charge in [-0.25, -0.2) is 0 Å². The highest BCUT2D eigenvalue weighted by molar-refractivity contribution is 9.11. The number of benzene rings is 1. The minimum absolute atomic E-state index is 0.514. The molecule has 18 heavy (non-hydrogen) atoms. The van der Waals surface area contributed by atoms with E-state index >= 15 is 0 Å². The molecule has 1 fully saturated rings.